The van der Waals surface area contributed by atoms with Crippen molar-refractivity contribution in [3.63, 3.8) is 0 Å². The fourth-order valence-corrected chi connectivity index (χ4v) is 1.44. The molecule has 3 heteroatoms. The molecule has 88 valence electrons. The van der Waals surface area contributed by atoms with E-state index in [4.69, 9.17) is 4.74 Å². The zero-order chi connectivity index (χ0) is 12.2. The fraction of sp³-hybridized carbons (Fsp3) is 0.462. The Morgan fingerprint density at radius 3 is 2.31 bits per heavy atom. The van der Waals surface area contributed by atoms with Crippen molar-refractivity contribution in [3.05, 3.63) is 34.3 Å². The van der Waals surface area contributed by atoms with Crippen LogP contribution in [0, 0.1) is 0 Å². The summed E-state index contributed by atoms with van der Waals surface area (Å²) in [4.78, 5) is 11.6. The molecule has 0 amide bonds. The Kier molecular flexibility index (Phi) is 4.69. The lowest BCUT2D eigenvalue weighted by atomic mass is 10.1. The van der Waals surface area contributed by atoms with Crippen molar-refractivity contribution in [2.24, 2.45) is 0 Å². The summed E-state index contributed by atoms with van der Waals surface area (Å²) in [6.45, 7) is 6.01. The summed E-state index contributed by atoms with van der Waals surface area (Å²) in [5.41, 5.74) is 0.765. The van der Waals surface area contributed by atoms with Gasteiger partial charge in [-0.1, -0.05) is 28.1 Å². The normalized spacial score (nSPS) is 11.5. The third-order valence-corrected chi connectivity index (χ3v) is 2.51. The minimum Gasteiger partial charge on any atom is -0.368 e. The first kappa shape index (κ1) is 13.4. The molecule has 0 unspecified atom stereocenters. The molecule has 1 aromatic rings. The number of halogens is 1. The molecular formula is C13H17BrO2. The molecule has 1 aromatic carbocycles. The van der Waals surface area contributed by atoms with Gasteiger partial charge in [-0.15, -0.1) is 0 Å². The predicted octanol–water partition coefficient (Wildman–Crippen LogP) is 3.38. The summed E-state index contributed by atoms with van der Waals surface area (Å²) in [7, 11) is 0. The van der Waals surface area contributed by atoms with E-state index in [9.17, 15) is 4.79 Å². The van der Waals surface area contributed by atoms with Crippen LogP contribution in [-0.4, -0.2) is 18.0 Å². The van der Waals surface area contributed by atoms with Gasteiger partial charge < -0.3 is 4.74 Å². The fourth-order valence-electron chi connectivity index (χ4n) is 1.18. The van der Waals surface area contributed by atoms with Crippen LogP contribution < -0.4 is 0 Å². The number of benzene rings is 1. The Balaban J connectivity index is 2.43. The van der Waals surface area contributed by atoms with E-state index in [-0.39, 0.29) is 18.0 Å². The molecule has 0 bridgehead atoms. The first-order valence-corrected chi connectivity index (χ1v) is 6.06. The van der Waals surface area contributed by atoms with E-state index in [1.165, 1.54) is 0 Å². The quantitative estimate of drug-likeness (QED) is 0.847. The maximum atomic E-state index is 11.6. The van der Waals surface area contributed by atoms with Gasteiger partial charge in [0.05, 0.1) is 5.60 Å². The van der Waals surface area contributed by atoms with Gasteiger partial charge in [-0.2, -0.15) is 0 Å². The average Bonchev–Trinajstić information content (AvgIpc) is 2.18. The molecule has 0 saturated carbocycles. The summed E-state index contributed by atoms with van der Waals surface area (Å²) in [5.74, 6) is 0.109. The van der Waals surface area contributed by atoms with E-state index >= 15 is 0 Å². The highest BCUT2D eigenvalue weighted by Gasteiger charge is 2.13. The lowest BCUT2D eigenvalue weighted by Gasteiger charge is -2.18. The van der Waals surface area contributed by atoms with E-state index in [1.807, 2.05) is 45.0 Å². The van der Waals surface area contributed by atoms with Gasteiger partial charge in [0.2, 0.25) is 0 Å². The number of carbonyl (C=O) groups excluding carboxylic acids is 1. The molecule has 2 nitrogen and oxygen atoms in total. The van der Waals surface area contributed by atoms with Gasteiger partial charge in [0.1, 0.15) is 6.61 Å². The second-order valence-corrected chi connectivity index (χ2v) is 5.66. The highest BCUT2D eigenvalue weighted by molar-refractivity contribution is 9.10. The van der Waals surface area contributed by atoms with Crippen LogP contribution in [0.5, 0.6) is 0 Å². The minimum absolute atomic E-state index is 0.109. The van der Waals surface area contributed by atoms with Gasteiger partial charge in [-0.3, -0.25) is 4.79 Å². The van der Waals surface area contributed by atoms with Crippen LogP contribution >= 0.6 is 15.9 Å². The molecule has 0 atom stereocenters. The number of Topliss-reactive ketones (excluding diaryl/α,β-unsaturated/α-hetero) is 1. The number of hydrogen-bond acceptors (Lipinski definition) is 2. The van der Waals surface area contributed by atoms with E-state index < -0.39 is 0 Å². The van der Waals surface area contributed by atoms with Crippen LogP contribution in [0.1, 0.15) is 26.3 Å². The number of ketones is 1. The lowest BCUT2D eigenvalue weighted by molar-refractivity contribution is -0.127. The number of hydrogen-bond donors (Lipinski definition) is 0. The molecule has 1 rings (SSSR count). The number of rotatable bonds is 4. The van der Waals surface area contributed by atoms with E-state index in [1.54, 1.807) is 0 Å². The molecule has 0 heterocycles. The molecule has 0 fully saturated rings. The van der Waals surface area contributed by atoms with Crippen molar-refractivity contribution in [3.8, 4) is 0 Å². The van der Waals surface area contributed by atoms with Crippen LogP contribution in [0.4, 0.5) is 0 Å². The van der Waals surface area contributed by atoms with Crippen molar-refractivity contribution < 1.29 is 9.53 Å². The predicted molar refractivity (Wildman–Crippen MR) is 68.6 cm³/mol. The molecule has 0 N–H and O–H groups in total. The molecule has 0 radical (unpaired) electrons. The topological polar surface area (TPSA) is 26.3 Å². The van der Waals surface area contributed by atoms with Crippen molar-refractivity contribution in [2.45, 2.75) is 32.8 Å². The Hall–Kier alpha value is -0.670. The molecule has 0 saturated heterocycles. The minimum atomic E-state index is -0.255. The Morgan fingerprint density at radius 2 is 1.81 bits per heavy atom. The summed E-state index contributed by atoms with van der Waals surface area (Å²) in [5, 5.41) is 0. The molecule has 0 aliphatic heterocycles. The summed E-state index contributed by atoms with van der Waals surface area (Å²) in [6.07, 6.45) is 0.434. The lowest BCUT2D eigenvalue weighted by Crippen LogP contribution is -2.24. The standard InChI is InChI=1S/C13H17BrO2/c1-13(2,3)16-9-12(15)8-10-4-6-11(14)7-5-10/h4-7H,8-9H2,1-3H3. The summed E-state index contributed by atoms with van der Waals surface area (Å²) in [6, 6.07) is 7.76. The van der Waals surface area contributed by atoms with Crippen LogP contribution in [0.3, 0.4) is 0 Å². The smallest absolute Gasteiger partial charge is 0.162 e. The van der Waals surface area contributed by atoms with Crippen molar-refractivity contribution >= 4 is 21.7 Å². The maximum Gasteiger partial charge on any atom is 0.162 e. The molecule has 0 aliphatic rings. The molecule has 0 aromatic heterocycles. The van der Waals surface area contributed by atoms with Gasteiger partial charge in [-0.25, -0.2) is 0 Å². The number of carbonyl (C=O) groups is 1. The third-order valence-electron chi connectivity index (χ3n) is 1.98. The molecule has 16 heavy (non-hydrogen) atoms. The zero-order valence-corrected chi connectivity index (χ0v) is 11.5. The van der Waals surface area contributed by atoms with Crippen LogP contribution in [0.25, 0.3) is 0 Å². The largest absolute Gasteiger partial charge is 0.368 e. The highest BCUT2D eigenvalue weighted by Crippen LogP contribution is 2.12. The van der Waals surface area contributed by atoms with Crippen molar-refractivity contribution in [1.29, 1.82) is 0 Å². The Labute approximate surface area is 105 Å². The average molecular weight is 285 g/mol. The highest BCUT2D eigenvalue weighted by atomic mass is 79.9. The molecule has 0 aliphatic carbocycles. The van der Waals surface area contributed by atoms with Gasteiger partial charge >= 0.3 is 0 Å². The maximum absolute atomic E-state index is 11.6. The van der Waals surface area contributed by atoms with Crippen LogP contribution in [0.2, 0.25) is 0 Å². The van der Waals surface area contributed by atoms with Crippen molar-refractivity contribution in [2.75, 3.05) is 6.61 Å². The van der Waals surface area contributed by atoms with Crippen LogP contribution in [0.15, 0.2) is 28.7 Å². The van der Waals surface area contributed by atoms with Gasteiger partial charge in [-0.05, 0) is 38.5 Å². The van der Waals surface area contributed by atoms with E-state index in [2.05, 4.69) is 15.9 Å². The monoisotopic (exact) mass is 284 g/mol. The third kappa shape index (κ3) is 5.42. The van der Waals surface area contributed by atoms with E-state index in [0.29, 0.717) is 6.42 Å². The SMILES string of the molecule is CC(C)(C)OCC(=O)Cc1ccc(Br)cc1. The molecular weight excluding hydrogens is 268 g/mol. The number of ether oxygens (including phenoxy) is 1. The first-order chi connectivity index (χ1) is 7.37. The molecule has 0 spiro atoms. The Morgan fingerprint density at radius 1 is 1.25 bits per heavy atom. The van der Waals surface area contributed by atoms with Gasteiger partial charge in [0.25, 0.3) is 0 Å². The zero-order valence-electron chi connectivity index (χ0n) is 9.92. The summed E-state index contributed by atoms with van der Waals surface area (Å²) < 4.78 is 6.45. The summed E-state index contributed by atoms with van der Waals surface area (Å²) >= 11 is 3.36. The van der Waals surface area contributed by atoms with Crippen molar-refractivity contribution in [1.82, 2.24) is 0 Å². The van der Waals surface area contributed by atoms with Crippen LogP contribution in [-0.2, 0) is 16.0 Å². The van der Waals surface area contributed by atoms with Gasteiger partial charge in [0.15, 0.2) is 5.78 Å². The Bertz CT molecular complexity index is 349. The first-order valence-electron chi connectivity index (χ1n) is 5.27. The van der Waals surface area contributed by atoms with E-state index in [0.717, 1.165) is 10.0 Å². The van der Waals surface area contributed by atoms with Gasteiger partial charge in [0, 0.05) is 10.9 Å². The second-order valence-electron chi connectivity index (χ2n) is 4.74. The second kappa shape index (κ2) is 5.60.